The molecule has 0 aliphatic carbocycles. The first-order chi connectivity index (χ1) is 16.5. The fourth-order valence-electron chi connectivity index (χ4n) is 3.94. The van der Waals surface area contributed by atoms with E-state index in [0.717, 1.165) is 31.5 Å². The van der Waals surface area contributed by atoms with Crippen LogP contribution in [-0.2, 0) is 9.53 Å². The topological polar surface area (TPSA) is 83.0 Å². The number of ether oxygens (including phenoxy) is 1. The highest BCUT2D eigenvalue weighted by atomic mass is 16.5. The van der Waals surface area contributed by atoms with Gasteiger partial charge in [0.05, 0.1) is 25.5 Å². The summed E-state index contributed by atoms with van der Waals surface area (Å²) in [5.41, 5.74) is 5.60. The molecular weight excluding hydrogens is 428 g/mol. The number of hydrazone groups is 1. The third kappa shape index (κ3) is 8.08. The predicted octanol–water partition coefficient (Wildman–Crippen LogP) is 3.56. The minimum atomic E-state index is -0.269. The minimum absolute atomic E-state index is 0.0705. The molecule has 0 bridgehead atoms. The second-order valence-corrected chi connectivity index (χ2v) is 8.84. The summed E-state index contributed by atoms with van der Waals surface area (Å²) in [5.74, 6) is 0.302. The Bertz CT molecular complexity index is 923. The highest BCUT2D eigenvalue weighted by molar-refractivity contribution is 5.94. The van der Waals surface area contributed by atoms with Crippen molar-refractivity contribution in [3.8, 4) is 0 Å². The number of amides is 2. The van der Waals surface area contributed by atoms with Gasteiger partial charge < -0.3 is 10.1 Å². The normalized spacial score (nSPS) is 15.4. The predicted molar refractivity (Wildman–Crippen MR) is 135 cm³/mol. The van der Waals surface area contributed by atoms with Crippen molar-refractivity contribution < 1.29 is 14.3 Å². The molecule has 7 heteroatoms. The number of hydrogen-bond donors (Lipinski definition) is 2. The molecule has 34 heavy (non-hydrogen) atoms. The number of morpholine rings is 1. The number of unbranched alkanes of at least 4 members (excludes halogenated alkanes) is 1. The largest absolute Gasteiger partial charge is 0.379 e. The van der Waals surface area contributed by atoms with Crippen LogP contribution in [0.1, 0.15) is 60.5 Å². The van der Waals surface area contributed by atoms with Crippen molar-refractivity contribution in [2.24, 2.45) is 5.10 Å². The van der Waals surface area contributed by atoms with Crippen molar-refractivity contribution in [2.75, 3.05) is 32.8 Å². The summed E-state index contributed by atoms with van der Waals surface area (Å²) in [5, 5.41) is 7.14. The Morgan fingerprint density at radius 3 is 2.41 bits per heavy atom. The van der Waals surface area contributed by atoms with Crippen LogP contribution in [0, 0.1) is 0 Å². The van der Waals surface area contributed by atoms with Gasteiger partial charge in [0.1, 0.15) is 0 Å². The van der Waals surface area contributed by atoms with E-state index in [0.29, 0.717) is 37.7 Å². The molecule has 2 aromatic carbocycles. The fraction of sp³-hybridized carbons (Fsp3) is 0.444. The minimum Gasteiger partial charge on any atom is -0.379 e. The molecule has 1 heterocycles. The van der Waals surface area contributed by atoms with Crippen molar-refractivity contribution >= 4 is 18.0 Å². The quantitative estimate of drug-likeness (QED) is 0.303. The van der Waals surface area contributed by atoms with Gasteiger partial charge in [-0.05, 0) is 48.4 Å². The van der Waals surface area contributed by atoms with Crippen LogP contribution in [-0.4, -0.2) is 61.8 Å². The molecule has 0 radical (unpaired) electrons. The Labute approximate surface area is 202 Å². The lowest BCUT2D eigenvalue weighted by Gasteiger charge is -2.33. The van der Waals surface area contributed by atoms with Crippen LogP contribution in [0.25, 0.3) is 0 Å². The molecule has 0 unspecified atom stereocenters. The van der Waals surface area contributed by atoms with Crippen LogP contribution in [0.15, 0.2) is 59.7 Å². The van der Waals surface area contributed by atoms with Crippen molar-refractivity contribution in [3.63, 3.8) is 0 Å². The van der Waals surface area contributed by atoms with Gasteiger partial charge in [-0.1, -0.05) is 56.3 Å². The van der Waals surface area contributed by atoms with Crippen LogP contribution in [0.5, 0.6) is 0 Å². The van der Waals surface area contributed by atoms with Crippen molar-refractivity contribution in [1.82, 2.24) is 15.6 Å². The Balaban J connectivity index is 1.47. The Morgan fingerprint density at radius 2 is 1.74 bits per heavy atom. The van der Waals surface area contributed by atoms with Gasteiger partial charge in [-0.25, -0.2) is 5.43 Å². The second kappa shape index (κ2) is 13.6. The summed E-state index contributed by atoms with van der Waals surface area (Å²) in [6.07, 6.45) is 4.01. The van der Waals surface area contributed by atoms with E-state index in [2.05, 4.69) is 46.7 Å². The summed E-state index contributed by atoms with van der Waals surface area (Å²) >= 11 is 0. The zero-order chi connectivity index (χ0) is 24.2. The molecule has 7 nitrogen and oxygen atoms in total. The number of hydrogen-bond acceptors (Lipinski definition) is 5. The first-order valence-electron chi connectivity index (χ1n) is 12.1. The third-order valence-electron chi connectivity index (χ3n) is 6.01. The van der Waals surface area contributed by atoms with Gasteiger partial charge in [0.15, 0.2) is 0 Å². The summed E-state index contributed by atoms with van der Waals surface area (Å²) in [6.45, 7) is 7.60. The molecule has 2 aromatic rings. The van der Waals surface area contributed by atoms with E-state index >= 15 is 0 Å². The van der Waals surface area contributed by atoms with E-state index in [1.165, 1.54) is 5.56 Å². The number of carbonyl (C=O) groups is 2. The summed E-state index contributed by atoms with van der Waals surface area (Å²) in [7, 11) is 0. The molecule has 3 rings (SSSR count). The standard InChI is InChI=1S/C27H36N4O3/c1-21(2)23-13-11-22(12-14-23)20-29-30-27(33)25(31-16-18-34-19-17-31)10-6-7-15-28-26(32)24-8-4-3-5-9-24/h3-5,8-9,11-14,20-21,25H,6-7,10,15-19H2,1-2H3,(H,28,32)(H,30,33)/b29-20+/t25-/m1/s1. The average molecular weight is 465 g/mol. The van der Waals surface area contributed by atoms with E-state index in [-0.39, 0.29) is 17.9 Å². The first kappa shape index (κ1) is 25.6. The molecule has 1 atom stereocenters. The van der Waals surface area contributed by atoms with Gasteiger partial charge in [-0.15, -0.1) is 0 Å². The van der Waals surface area contributed by atoms with Gasteiger partial charge in [0.2, 0.25) is 0 Å². The van der Waals surface area contributed by atoms with Gasteiger partial charge in [0, 0.05) is 25.2 Å². The molecule has 0 spiro atoms. The lowest BCUT2D eigenvalue weighted by molar-refractivity contribution is -0.128. The SMILES string of the molecule is CC(C)c1ccc(/C=N/NC(=O)[C@@H](CCCCNC(=O)c2ccccc2)N2CCOCC2)cc1. The maximum absolute atomic E-state index is 13.0. The lowest BCUT2D eigenvalue weighted by Crippen LogP contribution is -2.50. The average Bonchev–Trinajstić information content (AvgIpc) is 2.87. The Hall–Kier alpha value is -3.03. The molecule has 1 aliphatic heterocycles. The van der Waals surface area contributed by atoms with E-state index < -0.39 is 0 Å². The smallest absolute Gasteiger partial charge is 0.257 e. The third-order valence-corrected chi connectivity index (χ3v) is 6.01. The highest BCUT2D eigenvalue weighted by Gasteiger charge is 2.26. The molecule has 2 N–H and O–H groups in total. The Kier molecular flexibility index (Phi) is 10.3. The molecule has 0 aromatic heterocycles. The van der Waals surface area contributed by atoms with Gasteiger partial charge >= 0.3 is 0 Å². The zero-order valence-corrected chi connectivity index (χ0v) is 20.2. The van der Waals surface area contributed by atoms with E-state index in [1.807, 2.05) is 30.3 Å². The van der Waals surface area contributed by atoms with Crippen LogP contribution < -0.4 is 10.7 Å². The summed E-state index contributed by atoms with van der Waals surface area (Å²) in [6, 6.07) is 17.1. The molecule has 182 valence electrons. The van der Waals surface area contributed by atoms with Crippen LogP contribution in [0.4, 0.5) is 0 Å². The highest BCUT2D eigenvalue weighted by Crippen LogP contribution is 2.14. The van der Waals surface area contributed by atoms with E-state index in [4.69, 9.17) is 4.74 Å². The molecule has 1 saturated heterocycles. The van der Waals surface area contributed by atoms with Crippen molar-refractivity contribution in [2.45, 2.75) is 45.1 Å². The fourth-order valence-corrected chi connectivity index (χ4v) is 3.94. The lowest BCUT2D eigenvalue weighted by atomic mass is 10.0. The number of benzene rings is 2. The van der Waals surface area contributed by atoms with Crippen LogP contribution >= 0.6 is 0 Å². The van der Waals surface area contributed by atoms with Crippen molar-refractivity contribution in [3.05, 3.63) is 71.3 Å². The molecule has 1 aliphatic rings. The molecule has 0 saturated carbocycles. The maximum atomic E-state index is 13.0. The maximum Gasteiger partial charge on any atom is 0.257 e. The zero-order valence-electron chi connectivity index (χ0n) is 20.2. The number of nitrogens with zero attached hydrogens (tertiary/aromatic N) is 2. The summed E-state index contributed by atoms with van der Waals surface area (Å²) < 4.78 is 5.46. The Morgan fingerprint density at radius 1 is 1.03 bits per heavy atom. The number of nitrogens with one attached hydrogen (secondary N) is 2. The van der Waals surface area contributed by atoms with Gasteiger partial charge in [-0.2, -0.15) is 5.10 Å². The molecule has 2 amide bonds. The van der Waals surface area contributed by atoms with Gasteiger partial charge in [-0.3, -0.25) is 14.5 Å². The molecular formula is C27H36N4O3. The first-order valence-corrected chi connectivity index (χ1v) is 12.1. The van der Waals surface area contributed by atoms with E-state index in [9.17, 15) is 9.59 Å². The monoisotopic (exact) mass is 464 g/mol. The number of rotatable bonds is 11. The van der Waals surface area contributed by atoms with Crippen molar-refractivity contribution in [1.29, 1.82) is 0 Å². The van der Waals surface area contributed by atoms with E-state index in [1.54, 1.807) is 18.3 Å². The number of carbonyl (C=O) groups excluding carboxylic acids is 2. The molecule has 1 fully saturated rings. The second-order valence-electron chi connectivity index (χ2n) is 8.84. The van der Waals surface area contributed by atoms with Gasteiger partial charge in [0.25, 0.3) is 11.8 Å². The van der Waals surface area contributed by atoms with Crippen LogP contribution in [0.2, 0.25) is 0 Å². The summed E-state index contributed by atoms with van der Waals surface area (Å²) in [4.78, 5) is 27.3. The van der Waals surface area contributed by atoms with Crippen LogP contribution in [0.3, 0.4) is 0 Å².